The van der Waals surface area contributed by atoms with Crippen molar-refractivity contribution < 1.29 is 14.1 Å². The molecule has 4 heteroatoms. The first-order valence-corrected chi connectivity index (χ1v) is 12.0. The first kappa shape index (κ1) is 19.3. The molecular formula is C25H28O3S. The van der Waals surface area contributed by atoms with Crippen LogP contribution in [0.3, 0.4) is 0 Å². The minimum atomic E-state index is -1.19. The van der Waals surface area contributed by atoms with Crippen LogP contribution in [0.15, 0.2) is 59.0 Å². The molecule has 7 atom stereocenters. The van der Waals surface area contributed by atoms with E-state index in [0.29, 0.717) is 18.8 Å². The molecule has 0 aliphatic heterocycles. The molecule has 0 bridgehead atoms. The third-order valence-corrected chi connectivity index (χ3v) is 10.2. The number of hydrogen-bond donors (Lipinski definition) is 0. The van der Waals surface area contributed by atoms with Crippen molar-refractivity contribution in [2.45, 2.75) is 56.1 Å². The molecule has 5 rings (SSSR count). The van der Waals surface area contributed by atoms with Crippen molar-refractivity contribution in [2.24, 2.45) is 28.6 Å². The third-order valence-electron chi connectivity index (χ3n) is 8.45. The fourth-order valence-corrected chi connectivity index (χ4v) is 8.57. The van der Waals surface area contributed by atoms with Gasteiger partial charge >= 0.3 is 0 Å². The Balaban J connectivity index is 1.56. The number of carbonyl (C=O) groups is 2. The van der Waals surface area contributed by atoms with Crippen LogP contribution in [0.5, 0.6) is 0 Å². The Morgan fingerprint density at radius 2 is 1.83 bits per heavy atom. The Bertz CT molecular complexity index is 919. The molecule has 152 valence electrons. The largest absolute Gasteiger partial charge is 0.611 e. The van der Waals surface area contributed by atoms with Crippen molar-refractivity contribution in [3.05, 3.63) is 54.1 Å². The highest BCUT2D eigenvalue weighted by atomic mass is 32.2. The van der Waals surface area contributed by atoms with Crippen molar-refractivity contribution in [3.63, 3.8) is 0 Å². The SMILES string of the molecule is C[C@]12CCC(=O)C=C1C=C[C@@H]1[C@@H]2CC[C@]2(C)C(=O)CC([S+]([O-])c3ccccc3)[C@@H]12. The third kappa shape index (κ3) is 2.75. The molecule has 0 heterocycles. The Labute approximate surface area is 175 Å². The molecule has 2 fully saturated rings. The van der Waals surface area contributed by atoms with E-state index in [0.717, 1.165) is 29.7 Å². The Morgan fingerprint density at radius 1 is 1.07 bits per heavy atom. The van der Waals surface area contributed by atoms with Gasteiger partial charge in [0.25, 0.3) is 0 Å². The summed E-state index contributed by atoms with van der Waals surface area (Å²) >= 11 is -1.19. The van der Waals surface area contributed by atoms with Gasteiger partial charge in [0, 0.05) is 17.8 Å². The van der Waals surface area contributed by atoms with Gasteiger partial charge in [0.15, 0.2) is 10.7 Å². The fraction of sp³-hybridized carbons (Fsp3) is 0.520. The minimum Gasteiger partial charge on any atom is -0.611 e. The van der Waals surface area contributed by atoms with Crippen LogP contribution >= 0.6 is 0 Å². The van der Waals surface area contributed by atoms with Crippen LogP contribution in [0.4, 0.5) is 0 Å². The summed E-state index contributed by atoms with van der Waals surface area (Å²) in [6, 6.07) is 9.61. The lowest BCUT2D eigenvalue weighted by Crippen LogP contribution is -2.51. The van der Waals surface area contributed by atoms with Crippen molar-refractivity contribution in [3.8, 4) is 0 Å². The maximum Gasteiger partial charge on any atom is 0.156 e. The lowest BCUT2D eigenvalue weighted by molar-refractivity contribution is -0.130. The number of Topliss-reactive ketones (excluding diaryl/α,β-unsaturated/α-hetero) is 1. The summed E-state index contributed by atoms with van der Waals surface area (Å²) in [4.78, 5) is 26.0. The lowest BCUT2D eigenvalue weighted by Gasteiger charge is -2.54. The van der Waals surface area contributed by atoms with E-state index in [9.17, 15) is 14.1 Å². The molecule has 2 unspecified atom stereocenters. The van der Waals surface area contributed by atoms with Gasteiger partial charge in [-0.1, -0.05) is 44.2 Å². The predicted octanol–water partition coefficient (Wildman–Crippen LogP) is 4.65. The number of allylic oxidation sites excluding steroid dienone is 4. The quantitative estimate of drug-likeness (QED) is 0.669. The van der Waals surface area contributed by atoms with Crippen LogP contribution in [0.2, 0.25) is 0 Å². The number of hydrogen-bond acceptors (Lipinski definition) is 3. The van der Waals surface area contributed by atoms with E-state index in [1.54, 1.807) is 0 Å². The Kier molecular flexibility index (Phi) is 4.45. The second kappa shape index (κ2) is 6.68. The monoisotopic (exact) mass is 408 g/mol. The van der Waals surface area contributed by atoms with E-state index in [-0.39, 0.29) is 39.5 Å². The van der Waals surface area contributed by atoms with Gasteiger partial charge in [0.05, 0.1) is 6.42 Å². The van der Waals surface area contributed by atoms with Gasteiger partial charge in [-0.15, -0.1) is 0 Å². The highest BCUT2D eigenvalue weighted by Gasteiger charge is 2.64. The standard InChI is InChI=1S/C25H28O3S/c1-24-12-10-17(26)14-16(24)8-9-19-20(24)11-13-25(2)22(27)15-21(23(19)25)29(28)18-6-4-3-5-7-18/h3-9,14,19-21,23H,10-13,15H2,1-2H3/t19-,20+,21?,23-,24+,25-,29?/m1/s1. The maximum atomic E-state index is 13.5. The maximum absolute atomic E-state index is 13.5. The molecule has 0 spiro atoms. The fourth-order valence-electron chi connectivity index (χ4n) is 6.74. The Hall–Kier alpha value is -1.65. The second-order valence-corrected chi connectivity index (χ2v) is 11.5. The molecule has 4 aliphatic rings. The highest BCUT2D eigenvalue weighted by molar-refractivity contribution is 7.92. The minimum absolute atomic E-state index is 0.0148. The van der Waals surface area contributed by atoms with Gasteiger partial charge in [-0.2, -0.15) is 0 Å². The zero-order valence-corrected chi connectivity index (χ0v) is 17.9. The van der Waals surface area contributed by atoms with E-state index in [1.165, 1.54) is 0 Å². The molecular weight excluding hydrogens is 380 g/mol. The summed E-state index contributed by atoms with van der Waals surface area (Å²) in [6.07, 6.45) is 9.98. The first-order valence-electron chi connectivity index (χ1n) is 10.8. The molecule has 2 saturated carbocycles. The Morgan fingerprint density at radius 3 is 2.59 bits per heavy atom. The molecule has 0 radical (unpaired) electrons. The number of fused-ring (bicyclic) bond motifs is 5. The van der Waals surface area contributed by atoms with Gasteiger partial charge in [-0.05, 0) is 71.5 Å². The van der Waals surface area contributed by atoms with E-state index < -0.39 is 11.2 Å². The average Bonchev–Trinajstić information content (AvgIpc) is 2.99. The lowest BCUT2D eigenvalue weighted by atomic mass is 9.49. The topological polar surface area (TPSA) is 57.2 Å². The molecule has 0 saturated heterocycles. The van der Waals surface area contributed by atoms with Gasteiger partial charge < -0.3 is 4.55 Å². The van der Waals surface area contributed by atoms with Crippen LogP contribution in [0, 0.1) is 28.6 Å². The van der Waals surface area contributed by atoms with Crippen molar-refractivity contribution in [1.29, 1.82) is 0 Å². The van der Waals surface area contributed by atoms with E-state index in [1.807, 2.05) is 36.4 Å². The first-order chi connectivity index (χ1) is 13.8. The van der Waals surface area contributed by atoms with Gasteiger partial charge in [0.2, 0.25) is 0 Å². The molecule has 0 aromatic heterocycles. The van der Waals surface area contributed by atoms with Crippen LogP contribution in [0.25, 0.3) is 0 Å². The van der Waals surface area contributed by atoms with Crippen molar-refractivity contribution >= 4 is 22.7 Å². The van der Waals surface area contributed by atoms with Crippen LogP contribution in [-0.2, 0) is 20.8 Å². The summed E-state index contributed by atoms with van der Waals surface area (Å²) in [7, 11) is 0. The van der Waals surface area contributed by atoms with Crippen LogP contribution in [-0.4, -0.2) is 21.4 Å². The molecule has 0 amide bonds. The molecule has 29 heavy (non-hydrogen) atoms. The summed E-state index contributed by atoms with van der Waals surface area (Å²) < 4.78 is 13.5. The van der Waals surface area contributed by atoms with Gasteiger partial charge in [-0.25, -0.2) is 0 Å². The number of carbonyl (C=O) groups excluding carboxylic acids is 2. The summed E-state index contributed by atoms with van der Waals surface area (Å²) in [5, 5.41) is -0.133. The zero-order chi connectivity index (χ0) is 20.4. The molecule has 3 nitrogen and oxygen atoms in total. The van der Waals surface area contributed by atoms with Crippen LogP contribution in [0.1, 0.15) is 46.0 Å². The summed E-state index contributed by atoms with van der Waals surface area (Å²) in [5.41, 5.74) is 0.755. The predicted molar refractivity (Wildman–Crippen MR) is 114 cm³/mol. The molecule has 1 aromatic rings. The van der Waals surface area contributed by atoms with Crippen molar-refractivity contribution in [2.75, 3.05) is 0 Å². The normalized spacial score (nSPS) is 42.0. The van der Waals surface area contributed by atoms with Crippen molar-refractivity contribution in [1.82, 2.24) is 0 Å². The average molecular weight is 409 g/mol. The molecule has 4 aliphatic carbocycles. The zero-order valence-electron chi connectivity index (χ0n) is 17.1. The second-order valence-electron chi connectivity index (χ2n) is 9.78. The molecule has 1 aromatic carbocycles. The van der Waals surface area contributed by atoms with Gasteiger partial charge in [-0.3, -0.25) is 9.59 Å². The summed E-state index contributed by atoms with van der Waals surface area (Å²) in [6.45, 7) is 4.42. The van der Waals surface area contributed by atoms with Gasteiger partial charge in [0.1, 0.15) is 11.0 Å². The number of ketones is 2. The van der Waals surface area contributed by atoms with E-state index in [4.69, 9.17) is 0 Å². The molecule has 0 N–H and O–H groups in total. The van der Waals surface area contributed by atoms with Crippen LogP contribution < -0.4 is 0 Å². The van der Waals surface area contributed by atoms with E-state index in [2.05, 4.69) is 26.0 Å². The summed E-state index contributed by atoms with van der Waals surface area (Å²) in [5.74, 6) is 1.26. The smallest absolute Gasteiger partial charge is 0.156 e. The number of benzene rings is 1. The highest BCUT2D eigenvalue weighted by Crippen LogP contribution is 2.63. The van der Waals surface area contributed by atoms with E-state index >= 15 is 0 Å². The number of rotatable bonds is 2.